The van der Waals surface area contributed by atoms with Crippen molar-refractivity contribution in [2.24, 2.45) is 0 Å². The number of nitrogens with one attached hydrogen (secondary N) is 3. The van der Waals surface area contributed by atoms with E-state index in [4.69, 9.17) is 0 Å². The number of hydrogen-bond acceptors (Lipinski definition) is 6. The number of carbonyl (C=O) groups excluding carboxylic acids is 1. The summed E-state index contributed by atoms with van der Waals surface area (Å²) in [6.07, 6.45) is 0. The second-order valence-corrected chi connectivity index (χ2v) is 6.38. The largest absolute Gasteiger partial charge is 0.331 e. The molecular weight excluding hydrogens is 364 g/mol. The summed E-state index contributed by atoms with van der Waals surface area (Å²) < 4.78 is 4.23. The lowest BCUT2D eigenvalue weighted by atomic mass is 10.2. The van der Waals surface area contributed by atoms with E-state index in [1.54, 1.807) is 24.3 Å². The number of hydrogen-bond donors (Lipinski definition) is 3. The summed E-state index contributed by atoms with van der Waals surface area (Å²) in [5.74, 6) is 0.924. The van der Waals surface area contributed by atoms with Gasteiger partial charge in [0.1, 0.15) is 5.82 Å². The summed E-state index contributed by atoms with van der Waals surface area (Å²) in [6.45, 7) is 0.0796. The van der Waals surface area contributed by atoms with Crippen LogP contribution in [-0.4, -0.2) is 25.4 Å². The van der Waals surface area contributed by atoms with Gasteiger partial charge < -0.3 is 10.3 Å². The number of rotatable bonds is 4. The third kappa shape index (κ3) is 3.82. The predicted molar refractivity (Wildman–Crippen MR) is 104 cm³/mol. The number of H-pyrrole nitrogens is 1. The van der Waals surface area contributed by atoms with Crippen LogP contribution in [0.15, 0.2) is 59.4 Å². The normalized spacial score (nSPS) is 10.7. The van der Waals surface area contributed by atoms with Crippen molar-refractivity contribution in [3.63, 3.8) is 0 Å². The zero-order chi connectivity index (χ0) is 18.6. The molecule has 8 nitrogen and oxygen atoms in total. The van der Waals surface area contributed by atoms with Gasteiger partial charge >= 0.3 is 6.03 Å². The molecule has 2 amide bonds. The molecule has 0 aliphatic carbocycles. The smallest absolute Gasteiger partial charge is 0.321 e. The Labute approximate surface area is 157 Å². The average molecular weight is 378 g/mol. The molecule has 0 unspecified atom stereocenters. The summed E-state index contributed by atoms with van der Waals surface area (Å²) in [7, 11) is 0. The number of nitrogens with zero attached hydrogens (tertiary/aromatic N) is 3. The van der Waals surface area contributed by atoms with E-state index in [0.29, 0.717) is 27.7 Å². The second kappa shape index (κ2) is 7.34. The Bertz CT molecular complexity index is 1160. The van der Waals surface area contributed by atoms with Gasteiger partial charge in [0.25, 0.3) is 5.56 Å². The molecule has 2 aromatic heterocycles. The molecule has 2 heterocycles. The van der Waals surface area contributed by atoms with Gasteiger partial charge in [0.05, 0.1) is 17.4 Å². The lowest BCUT2D eigenvalue weighted by Gasteiger charge is -2.05. The highest BCUT2D eigenvalue weighted by atomic mass is 32.1. The van der Waals surface area contributed by atoms with Crippen LogP contribution < -0.4 is 16.2 Å². The van der Waals surface area contributed by atoms with E-state index >= 15 is 0 Å². The molecule has 0 aliphatic rings. The van der Waals surface area contributed by atoms with Crippen LogP contribution in [0.1, 0.15) is 5.82 Å². The number of aromatic nitrogens is 4. The number of fused-ring (bicyclic) bond motifs is 1. The molecule has 0 spiro atoms. The van der Waals surface area contributed by atoms with Crippen LogP contribution in [0.4, 0.5) is 9.93 Å². The molecule has 9 heteroatoms. The molecule has 3 N–H and O–H groups in total. The third-order valence-corrected chi connectivity index (χ3v) is 4.39. The van der Waals surface area contributed by atoms with Crippen LogP contribution in [0.25, 0.3) is 22.3 Å². The summed E-state index contributed by atoms with van der Waals surface area (Å²) >= 11 is 1.09. The van der Waals surface area contributed by atoms with Gasteiger partial charge in [-0.05, 0) is 12.1 Å². The Morgan fingerprint density at radius 3 is 2.67 bits per heavy atom. The van der Waals surface area contributed by atoms with Gasteiger partial charge in [0, 0.05) is 17.1 Å². The minimum Gasteiger partial charge on any atom is -0.331 e. The minimum absolute atomic E-state index is 0.0796. The van der Waals surface area contributed by atoms with Crippen molar-refractivity contribution in [1.29, 1.82) is 0 Å². The number of urea groups is 1. The van der Waals surface area contributed by atoms with E-state index in [1.165, 1.54) is 0 Å². The first-order valence-corrected chi connectivity index (χ1v) is 8.88. The van der Waals surface area contributed by atoms with Crippen molar-refractivity contribution < 1.29 is 4.79 Å². The van der Waals surface area contributed by atoms with E-state index in [9.17, 15) is 9.59 Å². The number of para-hydroxylation sites is 1. The fourth-order valence-electron chi connectivity index (χ4n) is 2.50. The van der Waals surface area contributed by atoms with Gasteiger partial charge in [-0.2, -0.15) is 9.36 Å². The van der Waals surface area contributed by atoms with E-state index in [-0.39, 0.29) is 12.1 Å². The van der Waals surface area contributed by atoms with Crippen LogP contribution in [0, 0.1) is 0 Å². The molecule has 134 valence electrons. The maximum atomic E-state index is 12.1. The van der Waals surface area contributed by atoms with Crippen LogP contribution in [0.5, 0.6) is 0 Å². The van der Waals surface area contributed by atoms with Crippen LogP contribution in [-0.2, 0) is 6.54 Å². The van der Waals surface area contributed by atoms with Gasteiger partial charge in [0.2, 0.25) is 5.13 Å². The summed E-state index contributed by atoms with van der Waals surface area (Å²) in [5.41, 5.74) is 1.21. The predicted octanol–water partition coefficient (Wildman–Crippen LogP) is 2.76. The Morgan fingerprint density at radius 1 is 1.04 bits per heavy atom. The molecule has 0 saturated carbocycles. The molecule has 0 atom stereocenters. The summed E-state index contributed by atoms with van der Waals surface area (Å²) in [4.78, 5) is 35.4. The summed E-state index contributed by atoms with van der Waals surface area (Å²) in [5, 5.41) is 6.16. The lowest BCUT2D eigenvalue weighted by molar-refractivity contribution is 0.251. The molecule has 0 radical (unpaired) electrons. The third-order valence-electron chi connectivity index (χ3n) is 3.76. The number of amides is 2. The zero-order valence-corrected chi connectivity index (χ0v) is 14.8. The average Bonchev–Trinajstić information content (AvgIpc) is 3.16. The first-order valence-electron chi connectivity index (χ1n) is 8.11. The van der Waals surface area contributed by atoms with Gasteiger partial charge in [-0.1, -0.05) is 42.5 Å². The van der Waals surface area contributed by atoms with Crippen LogP contribution in [0.3, 0.4) is 0 Å². The molecule has 4 aromatic rings. The SMILES string of the molecule is O=C(NCc1nc2ccccc2c(=O)[nH]1)Nc1nc(-c2ccccc2)ns1. The molecule has 0 bridgehead atoms. The highest BCUT2D eigenvalue weighted by molar-refractivity contribution is 7.10. The number of carbonyl (C=O) groups is 1. The Kier molecular flexibility index (Phi) is 4.58. The van der Waals surface area contributed by atoms with Gasteiger partial charge in [-0.25, -0.2) is 9.78 Å². The van der Waals surface area contributed by atoms with Gasteiger partial charge in [-0.15, -0.1) is 0 Å². The van der Waals surface area contributed by atoms with Gasteiger partial charge in [-0.3, -0.25) is 10.1 Å². The van der Waals surface area contributed by atoms with Crippen molar-refractivity contribution >= 4 is 33.6 Å². The molecule has 2 aromatic carbocycles. The maximum absolute atomic E-state index is 12.1. The Hall–Kier alpha value is -3.59. The Balaban J connectivity index is 1.40. The quantitative estimate of drug-likeness (QED) is 0.505. The van der Waals surface area contributed by atoms with Gasteiger partial charge in [0.15, 0.2) is 5.82 Å². The number of anilines is 1. The first-order chi connectivity index (χ1) is 13.2. The molecular formula is C18H14N6O2S. The van der Waals surface area contributed by atoms with E-state index < -0.39 is 6.03 Å². The van der Waals surface area contributed by atoms with E-state index in [0.717, 1.165) is 17.1 Å². The molecule has 0 fully saturated rings. The van der Waals surface area contributed by atoms with Crippen LogP contribution in [0.2, 0.25) is 0 Å². The highest BCUT2D eigenvalue weighted by Gasteiger charge is 2.10. The standard InChI is InChI=1S/C18H14N6O2S/c25-16-12-8-4-5-9-13(12)20-14(21-16)10-19-17(26)23-18-22-15(24-27-18)11-6-2-1-3-7-11/h1-9H,10H2,(H,20,21,25)(H2,19,22,23,24,26). The number of aromatic amines is 1. The van der Waals surface area contributed by atoms with Crippen molar-refractivity contribution in [2.75, 3.05) is 5.32 Å². The molecule has 4 rings (SSSR count). The second-order valence-electron chi connectivity index (χ2n) is 5.63. The molecule has 27 heavy (non-hydrogen) atoms. The van der Waals surface area contributed by atoms with Crippen molar-refractivity contribution in [3.8, 4) is 11.4 Å². The first kappa shape index (κ1) is 16.9. The van der Waals surface area contributed by atoms with E-state index in [2.05, 4.69) is 30.0 Å². The van der Waals surface area contributed by atoms with Crippen molar-refractivity contribution in [1.82, 2.24) is 24.6 Å². The fourth-order valence-corrected chi connectivity index (χ4v) is 3.09. The summed E-state index contributed by atoms with van der Waals surface area (Å²) in [6, 6.07) is 16.1. The van der Waals surface area contributed by atoms with E-state index in [1.807, 2.05) is 30.3 Å². The fraction of sp³-hybridized carbons (Fsp3) is 0.0556. The highest BCUT2D eigenvalue weighted by Crippen LogP contribution is 2.20. The topological polar surface area (TPSA) is 113 Å². The van der Waals surface area contributed by atoms with Crippen molar-refractivity contribution in [3.05, 3.63) is 70.8 Å². The molecule has 0 saturated heterocycles. The Morgan fingerprint density at radius 2 is 1.81 bits per heavy atom. The lowest BCUT2D eigenvalue weighted by Crippen LogP contribution is -2.29. The number of benzene rings is 2. The zero-order valence-electron chi connectivity index (χ0n) is 14.0. The van der Waals surface area contributed by atoms with Crippen LogP contribution >= 0.6 is 11.5 Å². The monoisotopic (exact) mass is 378 g/mol. The maximum Gasteiger partial charge on any atom is 0.321 e. The minimum atomic E-state index is -0.457. The molecule has 0 aliphatic heterocycles. The van der Waals surface area contributed by atoms with Crippen molar-refractivity contribution in [2.45, 2.75) is 6.54 Å².